The fourth-order valence-corrected chi connectivity index (χ4v) is 1.84. The summed E-state index contributed by atoms with van der Waals surface area (Å²) in [6.07, 6.45) is 0. The van der Waals surface area contributed by atoms with Crippen molar-refractivity contribution in [3.05, 3.63) is 18.2 Å². The predicted molar refractivity (Wildman–Crippen MR) is 73.8 cm³/mol. The van der Waals surface area contributed by atoms with Crippen molar-refractivity contribution in [2.45, 2.75) is 13.8 Å². The number of carbonyl (C=O) groups is 1. The van der Waals surface area contributed by atoms with Gasteiger partial charge in [0.15, 0.2) is 11.5 Å². The molecule has 1 unspecified atom stereocenters. The lowest BCUT2D eigenvalue weighted by Crippen LogP contribution is -2.30. The van der Waals surface area contributed by atoms with Crippen molar-refractivity contribution in [1.29, 1.82) is 0 Å². The van der Waals surface area contributed by atoms with E-state index >= 15 is 0 Å². The molecule has 1 aliphatic rings. The van der Waals surface area contributed by atoms with Crippen LogP contribution in [0.3, 0.4) is 0 Å². The summed E-state index contributed by atoms with van der Waals surface area (Å²) in [6, 6.07) is 5.44. The Labute approximate surface area is 113 Å². The van der Waals surface area contributed by atoms with Crippen LogP contribution in [0.5, 0.6) is 11.5 Å². The van der Waals surface area contributed by atoms with E-state index < -0.39 is 0 Å². The maximum atomic E-state index is 12.0. The first kappa shape index (κ1) is 13.7. The summed E-state index contributed by atoms with van der Waals surface area (Å²) in [6.45, 7) is 6.57. The number of benzene rings is 1. The van der Waals surface area contributed by atoms with Crippen LogP contribution in [0.25, 0.3) is 0 Å². The molecule has 0 fully saturated rings. The molecule has 1 amide bonds. The van der Waals surface area contributed by atoms with Crippen LogP contribution in [0.1, 0.15) is 13.8 Å². The first-order chi connectivity index (χ1) is 9.20. The number of rotatable bonds is 5. The molecule has 19 heavy (non-hydrogen) atoms. The molecule has 2 rings (SSSR count). The molecule has 0 aromatic heterocycles. The fraction of sp³-hybridized carbons (Fsp3) is 0.500. The van der Waals surface area contributed by atoms with Gasteiger partial charge in [-0.15, -0.1) is 0 Å². The molecular weight excluding hydrogens is 244 g/mol. The molecule has 0 spiro atoms. The number of carbonyl (C=O) groups excluding carboxylic acids is 1. The zero-order chi connectivity index (χ0) is 13.7. The highest BCUT2D eigenvalue weighted by Gasteiger charge is 2.15. The van der Waals surface area contributed by atoms with E-state index in [2.05, 4.69) is 10.6 Å². The van der Waals surface area contributed by atoms with Crippen LogP contribution in [0.4, 0.5) is 5.69 Å². The highest BCUT2D eigenvalue weighted by Crippen LogP contribution is 2.32. The molecule has 0 saturated heterocycles. The molecule has 0 bridgehead atoms. The molecule has 5 nitrogen and oxygen atoms in total. The Morgan fingerprint density at radius 3 is 2.79 bits per heavy atom. The predicted octanol–water partition coefficient (Wildman–Crippen LogP) is 1.64. The second-order valence-corrected chi connectivity index (χ2v) is 4.56. The summed E-state index contributed by atoms with van der Waals surface area (Å²) in [5, 5.41) is 6.05. The van der Waals surface area contributed by atoms with E-state index in [4.69, 9.17) is 9.47 Å². The summed E-state index contributed by atoms with van der Waals surface area (Å²) in [7, 11) is 0. The van der Waals surface area contributed by atoms with Crippen molar-refractivity contribution in [2.75, 3.05) is 31.6 Å². The average molecular weight is 264 g/mol. The summed E-state index contributed by atoms with van der Waals surface area (Å²) >= 11 is 0. The Morgan fingerprint density at radius 1 is 1.32 bits per heavy atom. The third-order valence-corrected chi connectivity index (χ3v) is 2.96. The third-order valence-electron chi connectivity index (χ3n) is 2.96. The lowest BCUT2D eigenvalue weighted by molar-refractivity contribution is -0.119. The Kier molecular flexibility index (Phi) is 4.63. The van der Waals surface area contributed by atoms with Crippen molar-refractivity contribution in [1.82, 2.24) is 5.32 Å². The number of hydrogen-bond acceptors (Lipinski definition) is 4. The number of fused-ring (bicyclic) bond motifs is 1. The smallest absolute Gasteiger partial charge is 0.228 e. The molecule has 104 valence electrons. The Morgan fingerprint density at radius 2 is 2.05 bits per heavy atom. The second kappa shape index (κ2) is 6.43. The van der Waals surface area contributed by atoms with Crippen molar-refractivity contribution in [3.8, 4) is 11.5 Å². The summed E-state index contributed by atoms with van der Waals surface area (Å²) in [5.41, 5.74) is 0.734. The number of nitrogens with one attached hydrogen (secondary N) is 2. The molecule has 1 aliphatic heterocycles. The van der Waals surface area contributed by atoms with Gasteiger partial charge in [0.2, 0.25) is 5.91 Å². The van der Waals surface area contributed by atoms with E-state index in [1.165, 1.54) is 0 Å². The van der Waals surface area contributed by atoms with Gasteiger partial charge in [0, 0.05) is 24.2 Å². The van der Waals surface area contributed by atoms with Gasteiger partial charge in [0.05, 0.1) is 0 Å². The first-order valence-electron chi connectivity index (χ1n) is 6.62. The largest absolute Gasteiger partial charge is 0.486 e. The minimum absolute atomic E-state index is 0.00220. The zero-order valence-corrected chi connectivity index (χ0v) is 11.4. The van der Waals surface area contributed by atoms with Gasteiger partial charge >= 0.3 is 0 Å². The molecule has 1 heterocycles. The molecule has 1 atom stereocenters. The van der Waals surface area contributed by atoms with Crippen LogP contribution < -0.4 is 20.1 Å². The van der Waals surface area contributed by atoms with Crippen LogP contribution in [-0.2, 0) is 4.79 Å². The number of hydrogen-bond donors (Lipinski definition) is 2. The van der Waals surface area contributed by atoms with Gasteiger partial charge in [0.25, 0.3) is 0 Å². The average Bonchev–Trinajstić information content (AvgIpc) is 2.44. The SMILES string of the molecule is CCNCC(C)C(=O)Nc1ccc2c(c1)OCCO2. The first-order valence-corrected chi connectivity index (χ1v) is 6.62. The van der Waals surface area contributed by atoms with Gasteiger partial charge in [0.1, 0.15) is 13.2 Å². The summed E-state index contributed by atoms with van der Waals surface area (Å²) in [5.74, 6) is 1.33. The second-order valence-electron chi connectivity index (χ2n) is 4.56. The molecular formula is C14H20N2O3. The van der Waals surface area contributed by atoms with Crippen LogP contribution in [0.15, 0.2) is 18.2 Å². The number of amides is 1. The molecule has 0 aliphatic carbocycles. The molecule has 5 heteroatoms. The monoisotopic (exact) mass is 264 g/mol. The van der Waals surface area contributed by atoms with Gasteiger partial charge in [-0.1, -0.05) is 13.8 Å². The normalized spacial score (nSPS) is 14.8. The zero-order valence-electron chi connectivity index (χ0n) is 11.4. The molecule has 1 aromatic rings. The quantitative estimate of drug-likeness (QED) is 0.849. The van der Waals surface area contributed by atoms with Crippen molar-refractivity contribution < 1.29 is 14.3 Å². The van der Waals surface area contributed by atoms with Crippen LogP contribution >= 0.6 is 0 Å². The van der Waals surface area contributed by atoms with Crippen molar-refractivity contribution in [2.24, 2.45) is 5.92 Å². The highest BCUT2D eigenvalue weighted by molar-refractivity contribution is 5.92. The highest BCUT2D eigenvalue weighted by atomic mass is 16.6. The minimum Gasteiger partial charge on any atom is -0.486 e. The fourth-order valence-electron chi connectivity index (χ4n) is 1.84. The summed E-state index contributed by atoms with van der Waals surface area (Å²) < 4.78 is 10.9. The molecule has 0 saturated carbocycles. The van der Waals surface area contributed by atoms with Crippen LogP contribution in [0, 0.1) is 5.92 Å². The Hall–Kier alpha value is -1.75. The van der Waals surface area contributed by atoms with Gasteiger partial charge in [-0.25, -0.2) is 0 Å². The van der Waals surface area contributed by atoms with E-state index in [1.54, 1.807) is 6.07 Å². The number of anilines is 1. The summed E-state index contributed by atoms with van der Waals surface area (Å²) in [4.78, 5) is 12.0. The lowest BCUT2D eigenvalue weighted by Gasteiger charge is -2.19. The van der Waals surface area contributed by atoms with Gasteiger partial charge in [-0.3, -0.25) is 4.79 Å². The van der Waals surface area contributed by atoms with Gasteiger partial charge in [-0.05, 0) is 18.7 Å². The maximum Gasteiger partial charge on any atom is 0.228 e. The van der Waals surface area contributed by atoms with E-state index in [0.717, 1.165) is 18.0 Å². The van der Waals surface area contributed by atoms with E-state index in [-0.39, 0.29) is 11.8 Å². The molecule has 1 aromatic carbocycles. The van der Waals surface area contributed by atoms with Gasteiger partial charge in [-0.2, -0.15) is 0 Å². The van der Waals surface area contributed by atoms with Gasteiger partial charge < -0.3 is 20.1 Å². The van der Waals surface area contributed by atoms with Crippen molar-refractivity contribution in [3.63, 3.8) is 0 Å². The molecule has 0 radical (unpaired) electrons. The van der Waals surface area contributed by atoms with Crippen LogP contribution in [-0.4, -0.2) is 32.2 Å². The molecule has 2 N–H and O–H groups in total. The third kappa shape index (κ3) is 3.61. The standard InChI is InChI=1S/C14H20N2O3/c1-3-15-9-10(2)14(17)16-11-4-5-12-13(8-11)19-7-6-18-12/h4-5,8,10,15H,3,6-7,9H2,1-2H3,(H,16,17). The minimum atomic E-state index is -0.0758. The maximum absolute atomic E-state index is 12.0. The van der Waals surface area contributed by atoms with E-state index in [1.807, 2.05) is 26.0 Å². The number of ether oxygens (including phenoxy) is 2. The lowest BCUT2D eigenvalue weighted by atomic mass is 10.1. The topological polar surface area (TPSA) is 59.6 Å². The van der Waals surface area contributed by atoms with Crippen LogP contribution in [0.2, 0.25) is 0 Å². The Balaban J connectivity index is 1.97. The van der Waals surface area contributed by atoms with E-state index in [0.29, 0.717) is 25.5 Å². The Bertz CT molecular complexity index is 448. The van der Waals surface area contributed by atoms with E-state index in [9.17, 15) is 4.79 Å². The van der Waals surface area contributed by atoms with Crippen molar-refractivity contribution >= 4 is 11.6 Å².